The van der Waals surface area contributed by atoms with Gasteiger partial charge in [0, 0.05) is 37.2 Å². The molecule has 2 aliphatic heterocycles. The Hall–Kier alpha value is -3.64. The number of hydrogen-bond acceptors (Lipinski definition) is 12. The minimum Gasteiger partial charge on any atom is -0.478 e. The maximum Gasteiger partial charge on any atom is 0.362 e. The molecule has 3 rings (SSSR count). The van der Waals surface area contributed by atoms with E-state index in [-0.39, 0.29) is 40.5 Å². The number of rotatable bonds is 12. The number of carboxylic acid groups (broad SMARTS) is 1. The van der Waals surface area contributed by atoms with E-state index >= 15 is 0 Å². The van der Waals surface area contributed by atoms with Crippen LogP contribution in [-0.4, -0.2) is 92.1 Å². The molecule has 1 aromatic rings. The number of β-lactam (4-membered cyclic amide) rings is 1. The number of thiazole rings is 1. The Morgan fingerprint density at radius 1 is 1.32 bits per heavy atom. The lowest BCUT2D eigenvalue weighted by atomic mass is 9.84. The van der Waals surface area contributed by atoms with E-state index in [1.165, 1.54) is 24.1 Å². The number of amidine groups is 1. The quantitative estimate of drug-likeness (QED) is 0.0668. The van der Waals surface area contributed by atoms with E-state index in [0.717, 1.165) is 11.3 Å². The van der Waals surface area contributed by atoms with Crippen LogP contribution < -0.4 is 11.5 Å². The molecular formula is C20H27N7O9S2. The van der Waals surface area contributed by atoms with E-state index in [1.807, 2.05) is 0 Å². The summed E-state index contributed by atoms with van der Waals surface area (Å²) < 4.78 is 33.5. The second kappa shape index (κ2) is 10.6. The van der Waals surface area contributed by atoms with Crippen LogP contribution in [-0.2, 0) is 34.3 Å². The molecule has 38 heavy (non-hydrogen) atoms. The largest absolute Gasteiger partial charge is 0.478 e. The highest BCUT2D eigenvalue weighted by Gasteiger charge is 2.55. The first-order chi connectivity index (χ1) is 17.5. The molecule has 7 N–H and O–H groups in total. The van der Waals surface area contributed by atoms with Gasteiger partial charge in [-0.3, -0.25) is 24.3 Å². The molecule has 2 aliphatic rings. The lowest BCUT2D eigenvalue weighted by molar-refractivity contribution is -0.161. The van der Waals surface area contributed by atoms with Crippen LogP contribution in [0.4, 0.5) is 5.13 Å². The van der Waals surface area contributed by atoms with Crippen molar-refractivity contribution in [1.82, 2.24) is 14.2 Å². The second-order valence-electron chi connectivity index (χ2n) is 9.33. The zero-order valence-corrected chi connectivity index (χ0v) is 22.0. The molecular weight excluding hydrogens is 546 g/mol. The van der Waals surface area contributed by atoms with Crippen LogP contribution in [0.25, 0.3) is 0 Å². The molecule has 0 saturated carbocycles. The SMILES string of the molecule is CC(C)(O/N=C(\C(=O)C[C@@H]1C(=O)N(S(=O)(=O)O)[C@@H]1CN1CC[C@@H](CC(=N)N)C1=O)c1csc(N)n1)C(=O)O. The molecule has 0 radical (unpaired) electrons. The summed E-state index contributed by atoms with van der Waals surface area (Å²) in [5.41, 5.74) is 8.70. The summed E-state index contributed by atoms with van der Waals surface area (Å²) in [4.78, 5) is 60.3. The molecule has 0 bridgehead atoms. The fourth-order valence-electron chi connectivity index (χ4n) is 4.08. The maximum absolute atomic E-state index is 13.2. The van der Waals surface area contributed by atoms with E-state index in [4.69, 9.17) is 21.7 Å². The topological polar surface area (TPSA) is 260 Å². The molecule has 0 aromatic carbocycles. The second-order valence-corrected chi connectivity index (χ2v) is 11.5. The summed E-state index contributed by atoms with van der Waals surface area (Å²) >= 11 is 0.965. The van der Waals surface area contributed by atoms with Gasteiger partial charge in [0.25, 0.3) is 0 Å². The summed E-state index contributed by atoms with van der Waals surface area (Å²) in [5, 5.41) is 21.8. The third-order valence-electron chi connectivity index (χ3n) is 6.14. The average molecular weight is 574 g/mol. The molecule has 2 amide bonds. The van der Waals surface area contributed by atoms with Crippen LogP contribution in [0.5, 0.6) is 0 Å². The fourth-order valence-corrected chi connectivity index (χ4v) is 5.55. The number of nitrogens with zero attached hydrogens (tertiary/aromatic N) is 4. The van der Waals surface area contributed by atoms with Crippen LogP contribution >= 0.6 is 11.3 Å². The van der Waals surface area contributed by atoms with Gasteiger partial charge in [-0.05, 0) is 20.3 Å². The first kappa shape index (κ1) is 28.9. The van der Waals surface area contributed by atoms with Gasteiger partial charge in [-0.1, -0.05) is 5.16 Å². The first-order valence-corrected chi connectivity index (χ1v) is 13.5. The Balaban J connectivity index is 1.85. The molecule has 0 spiro atoms. The molecule has 1 aromatic heterocycles. The number of aliphatic carboxylic acids is 1. The number of amides is 2. The van der Waals surface area contributed by atoms with Crippen molar-refractivity contribution in [3.8, 4) is 0 Å². The number of ketones is 1. The number of aromatic nitrogens is 1. The fraction of sp³-hybridized carbons (Fsp3) is 0.550. The highest BCUT2D eigenvalue weighted by Crippen LogP contribution is 2.35. The van der Waals surface area contributed by atoms with Crippen LogP contribution in [0.15, 0.2) is 10.5 Å². The van der Waals surface area contributed by atoms with Gasteiger partial charge in [0.15, 0.2) is 16.6 Å². The Bertz CT molecular complexity index is 1310. The predicted molar refractivity (Wildman–Crippen MR) is 132 cm³/mol. The van der Waals surface area contributed by atoms with Gasteiger partial charge in [-0.15, -0.1) is 11.3 Å². The molecule has 16 nitrogen and oxygen atoms in total. The summed E-state index contributed by atoms with van der Waals surface area (Å²) in [5.74, 6) is -5.70. The van der Waals surface area contributed by atoms with Crippen LogP contribution in [0.1, 0.15) is 38.8 Å². The van der Waals surface area contributed by atoms with Crippen molar-refractivity contribution in [3.05, 3.63) is 11.1 Å². The Morgan fingerprint density at radius 3 is 2.50 bits per heavy atom. The molecule has 3 atom stereocenters. The van der Waals surface area contributed by atoms with Gasteiger partial charge in [0.1, 0.15) is 5.69 Å². The normalized spacial score (nSPS) is 22.4. The number of anilines is 1. The van der Waals surface area contributed by atoms with Crippen molar-refractivity contribution in [1.29, 1.82) is 5.41 Å². The summed E-state index contributed by atoms with van der Waals surface area (Å²) in [6, 6.07) is -1.26. The Labute approximate surface area is 221 Å². The zero-order chi connectivity index (χ0) is 28.6. The average Bonchev–Trinajstić information content (AvgIpc) is 3.36. The minimum absolute atomic E-state index is 0.0200. The number of likely N-dealkylation sites (tertiary alicyclic amines) is 1. The Kier molecular flexibility index (Phi) is 8.08. The van der Waals surface area contributed by atoms with Crippen LogP contribution in [0, 0.1) is 17.2 Å². The predicted octanol–water partition coefficient (Wildman–Crippen LogP) is -0.927. The summed E-state index contributed by atoms with van der Waals surface area (Å²) in [6.07, 6.45) is -0.235. The molecule has 2 fully saturated rings. The summed E-state index contributed by atoms with van der Waals surface area (Å²) in [7, 11) is -5.00. The van der Waals surface area contributed by atoms with Crippen molar-refractivity contribution in [2.24, 2.45) is 22.7 Å². The molecule has 18 heteroatoms. The number of carboxylic acids is 1. The van der Waals surface area contributed by atoms with Gasteiger partial charge < -0.3 is 26.3 Å². The van der Waals surface area contributed by atoms with Crippen molar-refractivity contribution in [2.75, 3.05) is 18.8 Å². The molecule has 3 heterocycles. The first-order valence-electron chi connectivity index (χ1n) is 11.2. The number of carbonyl (C=O) groups excluding carboxylic acids is 3. The number of carbonyl (C=O) groups is 4. The van der Waals surface area contributed by atoms with Crippen LogP contribution in [0.3, 0.4) is 0 Å². The van der Waals surface area contributed by atoms with E-state index in [1.54, 1.807) is 0 Å². The number of hydrogen-bond donors (Lipinski definition) is 5. The number of oxime groups is 1. The molecule has 208 valence electrons. The van der Waals surface area contributed by atoms with Gasteiger partial charge >= 0.3 is 16.3 Å². The van der Waals surface area contributed by atoms with E-state index in [9.17, 15) is 37.3 Å². The monoisotopic (exact) mass is 573 g/mol. The maximum atomic E-state index is 13.2. The van der Waals surface area contributed by atoms with Crippen LogP contribution in [0.2, 0.25) is 0 Å². The molecule has 0 unspecified atom stereocenters. The number of nitrogens with two attached hydrogens (primary N) is 2. The van der Waals surface area contributed by atoms with Gasteiger partial charge in [0.05, 0.1) is 17.8 Å². The zero-order valence-electron chi connectivity index (χ0n) is 20.4. The van der Waals surface area contributed by atoms with Crippen molar-refractivity contribution >= 4 is 61.9 Å². The molecule has 2 saturated heterocycles. The van der Waals surface area contributed by atoms with E-state index in [0.29, 0.717) is 6.42 Å². The summed E-state index contributed by atoms with van der Waals surface area (Å²) in [6.45, 7) is 2.29. The van der Waals surface area contributed by atoms with Crippen molar-refractivity contribution < 1.29 is 42.1 Å². The number of Topliss-reactive ketones (excluding diaryl/α,β-unsaturated/α-hetero) is 1. The smallest absolute Gasteiger partial charge is 0.362 e. The highest BCUT2D eigenvalue weighted by molar-refractivity contribution is 7.84. The third-order valence-corrected chi connectivity index (χ3v) is 7.77. The lowest BCUT2D eigenvalue weighted by Crippen LogP contribution is -2.66. The van der Waals surface area contributed by atoms with Crippen molar-refractivity contribution in [2.45, 2.75) is 44.8 Å². The highest BCUT2D eigenvalue weighted by atomic mass is 32.2. The molecule has 0 aliphatic carbocycles. The minimum atomic E-state index is -5.00. The van der Waals surface area contributed by atoms with Gasteiger partial charge in [0.2, 0.25) is 17.4 Å². The third kappa shape index (κ3) is 6.08. The number of nitrogen functional groups attached to an aromatic ring is 1. The van der Waals surface area contributed by atoms with E-state index < -0.39 is 69.5 Å². The van der Waals surface area contributed by atoms with Gasteiger partial charge in [-0.2, -0.15) is 8.42 Å². The van der Waals surface area contributed by atoms with Gasteiger partial charge in [-0.25, -0.2) is 14.1 Å². The number of nitrogens with one attached hydrogen (secondary N) is 1. The Morgan fingerprint density at radius 2 is 1.97 bits per heavy atom. The van der Waals surface area contributed by atoms with E-state index in [2.05, 4.69) is 10.1 Å². The van der Waals surface area contributed by atoms with Crippen molar-refractivity contribution in [3.63, 3.8) is 0 Å². The lowest BCUT2D eigenvalue weighted by Gasteiger charge is -2.45. The standard InChI is InChI=1S/C20H27N7O9S2/c1-20(2,18(31)32)36-25-15(11-8-37-19(23)24-11)13(28)6-10-12(27(17(10)30)38(33,34)35)7-26-4-3-9(16(26)29)5-14(21)22/h8-10,12H,3-7H2,1-2H3,(H3,21,22)(H2,23,24)(H,31,32)(H,33,34,35)/b25-15-/t9-,10-,12+/m0/s1.